The first-order valence-corrected chi connectivity index (χ1v) is 15.0. The summed E-state index contributed by atoms with van der Waals surface area (Å²) in [6.07, 6.45) is 9.65. The van der Waals surface area contributed by atoms with Crippen LogP contribution in [-0.2, 0) is 14.0 Å². The molecule has 0 spiro atoms. The minimum Gasteiger partial charge on any atom is -0.414 e. The maximum Gasteiger partial charge on any atom is 0.192 e. The number of hydrogen-bond donors (Lipinski definition) is 0. The van der Waals surface area contributed by atoms with Gasteiger partial charge in [0.1, 0.15) is 12.6 Å². The third-order valence-electron chi connectivity index (χ3n) is 10.1. The highest BCUT2D eigenvalue weighted by atomic mass is 28.4. The van der Waals surface area contributed by atoms with Gasteiger partial charge in [0.2, 0.25) is 0 Å². The van der Waals surface area contributed by atoms with Gasteiger partial charge in [-0.15, -0.1) is 0 Å². The van der Waals surface area contributed by atoms with Crippen molar-refractivity contribution < 1.29 is 14.0 Å². The molecule has 3 saturated carbocycles. The summed E-state index contributed by atoms with van der Waals surface area (Å²) < 4.78 is 6.71. The predicted molar refractivity (Wildman–Crippen MR) is 126 cm³/mol. The van der Waals surface area contributed by atoms with Crippen LogP contribution < -0.4 is 0 Å². The van der Waals surface area contributed by atoms with Crippen LogP contribution in [0.25, 0.3) is 0 Å². The van der Waals surface area contributed by atoms with Gasteiger partial charge in [0.25, 0.3) is 0 Å². The molecule has 0 radical (unpaired) electrons. The van der Waals surface area contributed by atoms with Crippen molar-refractivity contribution in [3.05, 3.63) is 12.2 Å². The van der Waals surface area contributed by atoms with Crippen molar-refractivity contribution in [1.82, 2.24) is 0 Å². The second-order valence-electron chi connectivity index (χ2n) is 12.5. The number of aldehydes is 2. The smallest absolute Gasteiger partial charge is 0.192 e. The van der Waals surface area contributed by atoms with Crippen molar-refractivity contribution in [2.24, 2.45) is 34.5 Å². The molecular weight excluding hydrogens is 388 g/mol. The molecule has 0 amide bonds. The van der Waals surface area contributed by atoms with Gasteiger partial charge in [0.05, 0.1) is 0 Å². The lowest BCUT2D eigenvalue weighted by Crippen LogP contribution is -2.53. The van der Waals surface area contributed by atoms with Crippen molar-refractivity contribution in [3.8, 4) is 0 Å². The Morgan fingerprint density at radius 2 is 1.70 bits per heavy atom. The molecular formula is C26H44O3Si. The molecule has 30 heavy (non-hydrogen) atoms. The monoisotopic (exact) mass is 432 g/mol. The second-order valence-corrected chi connectivity index (χ2v) is 17.3. The maximum atomic E-state index is 12.4. The fraction of sp³-hybridized carbons (Fsp3) is 0.846. The SMILES string of the molecule is C=C1CCC2[C@H](C=O)C([C@@]3(C)CC[C@H](O[Si](C)(C)C(C)(C)C)C[C@@H]3C=O)CC[C@]12C. The van der Waals surface area contributed by atoms with E-state index in [-0.39, 0.29) is 33.8 Å². The van der Waals surface area contributed by atoms with Crippen LogP contribution in [0.1, 0.15) is 79.6 Å². The third kappa shape index (κ3) is 3.81. The van der Waals surface area contributed by atoms with Crippen LogP contribution >= 0.6 is 0 Å². The van der Waals surface area contributed by atoms with E-state index < -0.39 is 8.32 Å². The summed E-state index contributed by atoms with van der Waals surface area (Å²) in [5.41, 5.74) is 1.34. The van der Waals surface area contributed by atoms with Crippen LogP contribution in [0.3, 0.4) is 0 Å². The van der Waals surface area contributed by atoms with Crippen molar-refractivity contribution >= 4 is 20.9 Å². The van der Waals surface area contributed by atoms with Gasteiger partial charge in [0, 0.05) is 17.9 Å². The normalized spacial score (nSPS) is 42.6. The molecule has 0 aromatic heterocycles. The average Bonchev–Trinajstić information content (AvgIpc) is 2.96. The van der Waals surface area contributed by atoms with E-state index in [2.05, 4.69) is 54.3 Å². The standard InChI is InChI=1S/C26H44O3Si/c1-18-9-10-22-21(17-28)23(12-14-25(18,22)5)26(6)13-11-20(15-19(26)16-27)29-30(7,8)24(2,3)4/h16-17,19-23H,1,9-15H2,2-8H3/t19-,20+,21+,22?,23?,25-,26+/m1/s1. The number of rotatable bonds is 5. The zero-order chi connectivity index (χ0) is 22.5. The van der Waals surface area contributed by atoms with Crippen molar-refractivity contribution in [1.29, 1.82) is 0 Å². The molecule has 0 N–H and O–H groups in total. The highest BCUT2D eigenvalue weighted by Crippen LogP contribution is 2.63. The van der Waals surface area contributed by atoms with E-state index in [1.165, 1.54) is 18.1 Å². The molecule has 0 saturated heterocycles. The first-order valence-electron chi connectivity index (χ1n) is 12.1. The van der Waals surface area contributed by atoms with E-state index in [1.54, 1.807) is 0 Å². The van der Waals surface area contributed by atoms with E-state index in [0.29, 0.717) is 11.8 Å². The molecule has 7 atom stereocenters. The Morgan fingerprint density at radius 1 is 1.03 bits per heavy atom. The molecule has 0 aromatic carbocycles. The Bertz CT molecular complexity index is 693. The number of carbonyl (C=O) groups is 2. The van der Waals surface area contributed by atoms with E-state index in [0.717, 1.165) is 44.9 Å². The van der Waals surface area contributed by atoms with Crippen molar-refractivity contribution in [2.45, 2.75) is 104 Å². The molecule has 3 rings (SSSR count). The number of allylic oxidation sites excluding steroid dienone is 1. The molecule has 0 heterocycles. The predicted octanol–water partition coefficient (Wildman–Crippen LogP) is 6.58. The van der Waals surface area contributed by atoms with Crippen LogP contribution in [-0.4, -0.2) is 27.0 Å². The molecule has 2 unspecified atom stereocenters. The number of fused-ring (bicyclic) bond motifs is 1. The Morgan fingerprint density at radius 3 is 2.27 bits per heavy atom. The van der Waals surface area contributed by atoms with Crippen LogP contribution in [0.2, 0.25) is 18.1 Å². The maximum absolute atomic E-state index is 12.4. The minimum absolute atomic E-state index is 0.0255. The van der Waals surface area contributed by atoms with Crippen LogP contribution in [0.15, 0.2) is 12.2 Å². The molecule has 170 valence electrons. The van der Waals surface area contributed by atoms with E-state index in [1.807, 2.05) is 0 Å². The first kappa shape index (κ1) is 23.9. The fourth-order valence-corrected chi connectivity index (χ4v) is 8.16. The van der Waals surface area contributed by atoms with Crippen molar-refractivity contribution in [3.63, 3.8) is 0 Å². The van der Waals surface area contributed by atoms with E-state index in [4.69, 9.17) is 4.43 Å². The molecule has 0 bridgehead atoms. The topological polar surface area (TPSA) is 43.4 Å². The first-order chi connectivity index (χ1) is 13.8. The summed E-state index contributed by atoms with van der Waals surface area (Å²) in [6.45, 7) is 20.4. The summed E-state index contributed by atoms with van der Waals surface area (Å²) in [5, 5.41) is 0.172. The van der Waals surface area contributed by atoms with Gasteiger partial charge < -0.3 is 14.0 Å². The van der Waals surface area contributed by atoms with E-state index in [9.17, 15) is 9.59 Å². The van der Waals surface area contributed by atoms with Gasteiger partial charge in [-0.05, 0) is 85.7 Å². The lowest BCUT2D eigenvalue weighted by atomic mass is 9.49. The fourth-order valence-electron chi connectivity index (χ4n) is 6.76. The largest absolute Gasteiger partial charge is 0.414 e. The molecule has 3 aliphatic rings. The third-order valence-corrected chi connectivity index (χ3v) is 14.6. The molecule has 3 aliphatic carbocycles. The van der Waals surface area contributed by atoms with Gasteiger partial charge in [-0.2, -0.15) is 0 Å². The molecule has 0 aromatic rings. The highest BCUT2D eigenvalue weighted by Gasteiger charge is 2.57. The van der Waals surface area contributed by atoms with Crippen LogP contribution in [0.4, 0.5) is 0 Å². The Kier molecular flexibility index (Phi) is 6.37. The summed E-state index contributed by atoms with van der Waals surface area (Å²) in [5.74, 6) is 0.713. The molecule has 3 nitrogen and oxygen atoms in total. The Labute approximate surface area is 185 Å². The quantitative estimate of drug-likeness (QED) is 0.280. The zero-order valence-electron chi connectivity index (χ0n) is 20.4. The summed E-state index contributed by atoms with van der Waals surface area (Å²) >= 11 is 0. The van der Waals surface area contributed by atoms with Gasteiger partial charge >= 0.3 is 0 Å². The Balaban J connectivity index is 1.80. The van der Waals surface area contributed by atoms with Gasteiger partial charge in [0.15, 0.2) is 8.32 Å². The lowest BCUT2D eigenvalue weighted by Gasteiger charge is -2.55. The molecule has 3 fully saturated rings. The summed E-state index contributed by atoms with van der Waals surface area (Å²) in [4.78, 5) is 24.7. The van der Waals surface area contributed by atoms with E-state index >= 15 is 0 Å². The second kappa shape index (κ2) is 7.99. The van der Waals surface area contributed by atoms with Gasteiger partial charge in [-0.3, -0.25) is 0 Å². The Hall–Kier alpha value is -0.743. The average molecular weight is 433 g/mol. The van der Waals surface area contributed by atoms with Crippen LogP contribution in [0, 0.1) is 34.5 Å². The van der Waals surface area contributed by atoms with Gasteiger partial charge in [-0.1, -0.05) is 46.8 Å². The lowest BCUT2D eigenvalue weighted by molar-refractivity contribution is -0.135. The van der Waals surface area contributed by atoms with Crippen LogP contribution in [0.5, 0.6) is 0 Å². The van der Waals surface area contributed by atoms with Gasteiger partial charge in [-0.25, -0.2) is 0 Å². The minimum atomic E-state index is -1.86. The molecule has 0 aliphatic heterocycles. The highest BCUT2D eigenvalue weighted by molar-refractivity contribution is 6.74. The van der Waals surface area contributed by atoms with Crippen molar-refractivity contribution in [2.75, 3.05) is 0 Å². The molecule has 4 heteroatoms. The number of hydrogen-bond acceptors (Lipinski definition) is 3. The summed E-state index contributed by atoms with van der Waals surface area (Å²) in [7, 11) is -1.86. The summed E-state index contributed by atoms with van der Waals surface area (Å²) in [6, 6.07) is 0. The zero-order valence-corrected chi connectivity index (χ0v) is 21.4. The number of carbonyl (C=O) groups excluding carboxylic acids is 2.